The highest BCUT2D eigenvalue weighted by Crippen LogP contribution is 2.43. The van der Waals surface area contributed by atoms with Crippen molar-refractivity contribution >= 4 is 19.7 Å². The molecule has 0 aromatic rings. The van der Waals surface area contributed by atoms with Gasteiger partial charge in [0, 0.05) is 12.8 Å². The van der Waals surface area contributed by atoms with Crippen LogP contribution in [0.3, 0.4) is 0 Å². The normalized spacial score (nSPS) is 14.5. The summed E-state index contributed by atoms with van der Waals surface area (Å²) >= 11 is 0. The molecule has 0 saturated heterocycles. The van der Waals surface area contributed by atoms with Crippen LogP contribution < -0.4 is 5.32 Å². The van der Waals surface area contributed by atoms with Gasteiger partial charge >= 0.3 is 13.8 Å². The number of phosphoric acid groups is 1. The Labute approximate surface area is 455 Å². The number of phosphoric ester groups is 1. The maximum atomic E-state index is 13.5. The summed E-state index contributed by atoms with van der Waals surface area (Å²) in [4.78, 5) is 37.6. The van der Waals surface area contributed by atoms with Crippen LogP contribution in [0.4, 0.5) is 0 Å². The number of likely N-dealkylation sites (N-methyl/N-ethyl adjacent to an activating group) is 1. The van der Waals surface area contributed by atoms with E-state index in [-0.39, 0.29) is 31.5 Å². The van der Waals surface area contributed by atoms with E-state index in [0.717, 1.165) is 116 Å². The standard InChI is InChI=1S/C64H111N2O7P/c1-7-10-13-16-19-22-25-28-30-31-32-33-34-35-36-39-42-45-48-51-54-57-64(68)73-62(55-52-49-46-43-40-37-27-24-21-18-15-12-9-3)61(60-72-74(69,70)71-59-58-66(4,5)6)65-63(67)56-53-50-47-44-41-38-29-26-23-20-17-14-11-8-2/h10-11,13-14,19-20,22-23,28,30,32-33,35-36,42,45,52,55,61-62H,7-9,12,15-18,21,24-27,29,31,34,37-41,43-44,46-51,53-54,56-60H2,1-6H3,(H-,65,67,69,70)/p+1/b13-10-,14-11+,22-19-,23-20+,30-28-,33-32-,36-35-,45-42-,55-52-. The molecule has 74 heavy (non-hydrogen) atoms. The molecule has 0 spiro atoms. The molecule has 0 radical (unpaired) electrons. The van der Waals surface area contributed by atoms with Crippen molar-refractivity contribution in [2.75, 3.05) is 40.9 Å². The second kappa shape index (κ2) is 53.1. The number of hydrogen-bond acceptors (Lipinski definition) is 6. The molecule has 0 fully saturated rings. The third kappa shape index (κ3) is 53.5. The average molecular weight is 1050 g/mol. The summed E-state index contributed by atoms with van der Waals surface area (Å²) in [5.41, 5.74) is 0. The number of rotatable bonds is 52. The first kappa shape index (κ1) is 70.7. The number of carbonyl (C=O) groups is 2. The minimum Gasteiger partial charge on any atom is -0.456 e. The number of nitrogens with one attached hydrogen (secondary N) is 1. The number of esters is 1. The molecule has 0 heterocycles. The van der Waals surface area contributed by atoms with E-state index >= 15 is 0 Å². The summed E-state index contributed by atoms with van der Waals surface area (Å²) in [7, 11) is 1.45. The zero-order valence-electron chi connectivity index (χ0n) is 48.3. The molecule has 0 bridgehead atoms. The number of amides is 1. The van der Waals surface area contributed by atoms with Crippen LogP contribution in [0.1, 0.15) is 233 Å². The van der Waals surface area contributed by atoms with Crippen molar-refractivity contribution in [1.29, 1.82) is 0 Å². The zero-order valence-corrected chi connectivity index (χ0v) is 49.2. The van der Waals surface area contributed by atoms with Crippen LogP contribution in [0.15, 0.2) is 109 Å². The van der Waals surface area contributed by atoms with Gasteiger partial charge in [0.15, 0.2) is 0 Å². The van der Waals surface area contributed by atoms with Gasteiger partial charge in [-0.2, -0.15) is 0 Å². The highest BCUT2D eigenvalue weighted by atomic mass is 31.2. The van der Waals surface area contributed by atoms with Crippen molar-refractivity contribution < 1.29 is 37.3 Å². The topological polar surface area (TPSA) is 111 Å². The van der Waals surface area contributed by atoms with Gasteiger partial charge in [0.1, 0.15) is 19.3 Å². The van der Waals surface area contributed by atoms with Crippen LogP contribution in [0, 0.1) is 0 Å². The molecule has 2 N–H and O–H groups in total. The Bertz CT molecular complexity index is 1640. The van der Waals surface area contributed by atoms with Gasteiger partial charge in [-0.15, -0.1) is 0 Å². The lowest BCUT2D eigenvalue weighted by atomic mass is 10.0. The van der Waals surface area contributed by atoms with Gasteiger partial charge in [-0.1, -0.05) is 220 Å². The van der Waals surface area contributed by atoms with E-state index in [1.54, 1.807) is 0 Å². The maximum absolute atomic E-state index is 13.5. The Kier molecular flexibility index (Phi) is 50.7. The monoisotopic (exact) mass is 1050 g/mol. The van der Waals surface area contributed by atoms with Gasteiger partial charge in [0.25, 0.3) is 0 Å². The molecule has 1 amide bonds. The molecule has 0 saturated carbocycles. The van der Waals surface area contributed by atoms with Crippen molar-refractivity contribution in [1.82, 2.24) is 5.32 Å². The van der Waals surface area contributed by atoms with E-state index in [9.17, 15) is 19.0 Å². The van der Waals surface area contributed by atoms with Crippen molar-refractivity contribution in [2.24, 2.45) is 0 Å². The minimum absolute atomic E-state index is 0.0259. The van der Waals surface area contributed by atoms with Crippen molar-refractivity contribution in [2.45, 2.75) is 245 Å². The first-order valence-electron chi connectivity index (χ1n) is 29.7. The van der Waals surface area contributed by atoms with E-state index in [1.165, 1.54) is 77.0 Å². The summed E-state index contributed by atoms with van der Waals surface area (Å²) in [6.07, 6.45) is 72.3. The van der Waals surface area contributed by atoms with Crippen molar-refractivity contribution in [3.05, 3.63) is 109 Å². The Morgan fingerprint density at radius 3 is 1.31 bits per heavy atom. The predicted octanol–water partition coefficient (Wildman–Crippen LogP) is 18.2. The number of allylic oxidation sites excluding steroid dienone is 17. The van der Waals surface area contributed by atoms with Gasteiger partial charge in [0.2, 0.25) is 5.91 Å². The fraction of sp³-hybridized carbons (Fsp3) is 0.688. The first-order chi connectivity index (χ1) is 35.9. The fourth-order valence-corrected chi connectivity index (χ4v) is 8.66. The van der Waals surface area contributed by atoms with Crippen LogP contribution >= 0.6 is 7.82 Å². The largest absolute Gasteiger partial charge is 0.472 e. The molecule has 0 aromatic heterocycles. The number of unbranched alkanes of at least 4 members (excludes halogenated alkanes) is 20. The Morgan fingerprint density at radius 2 is 0.865 bits per heavy atom. The summed E-state index contributed by atoms with van der Waals surface area (Å²) in [6, 6.07) is -0.877. The maximum Gasteiger partial charge on any atom is 0.472 e. The quantitative estimate of drug-likeness (QED) is 0.0205. The Balaban J connectivity index is 5.42. The van der Waals surface area contributed by atoms with E-state index in [1.807, 2.05) is 33.3 Å². The summed E-state index contributed by atoms with van der Waals surface area (Å²) in [5, 5.41) is 3.03. The first-order valence-corrected chi connectivity index (χ1v) is 31.2. The number of nitrogens with zero attached hydrogens (tertiary/aromatic N) is 1. The molecule has 3 unspecified atom stereocenters. The van der Waals surface area contributed by atoms with Gasteiger partial charge in [-0.3, -0.25) is 18.6 Å². The lowest BCUT2D eigenvalue weighted by Crippen LogP contribution is -2.47. The van der Waals surface area contributed by atoms with Crippen LogP contribution in [0.2, 0.25) is 0 Å². The zero-order chi connectivity index (χ0) is 54.3. The molecular weight excluding hydrogens is 940 g/mol. The molecule has 0 rings (SSSR count). The molecule has 0 aromatic carbocycles. The van der Waals surface area contributed by atoms with Gasteiger partial charge in [0.05, 0.1) is 33.8 Å². The number of ether oxygens (including phenoxy) is 1. The van der Waals surface area contributed by atoms with Gasteiger partial charge < -0.3 is 19.4 Å². The molecule has 10 heteroatoms. The van der Waals surface area contributed by atoms with Gasteiger partial charge in [-0.25, -0.2) is 4.57 Å². The second-order valence-electron chi connectivity index (χ2n) is 20.8. The molecule has 9 nitrogen and oxygen atoms in total. The van der Waals surface area contributed by atoms with E-state index in [0.29, 0.717) is 23.9 Å². The van der Waals surface area contributed by atoms with Crippen LogP contribution in [-0.4, -0.2) is 74.3 Å². The molecule has 0 aliphatic carbocycles. The van der Waals surface area contributed by atoms with E-state index in [4.69, 9.17) is 13.8 Å². The van der Waals surface area contributed by atoms with Crippen molar-refractivity contribution in [3.8, 4) is 0 Å². The lowest BCUT2D eigenvalue weighted by molar-refractivity contribution is -0.870. The number of carbonyl (C=O) groups excluding carboxylic acids is 2. The van der Waals surface area contributed by atoms with E-state index in [2.05, 4.69) is 123 Å². The third-order valence-corrected chi connectivity index (χ3v) is 13.4. The highest BCUT2D eigenvalue weighted by Gasteiger charge is 2.30. The summed E-state index contributed by atoms with van der Waals surface area (Å²) in [5.74, 6) is -0.572. The average Bonchev–Trinajstić information content (AvgIpc) is 3.36. The smallest absolute Gasteiger partial charge is 0.456 e. The molecule has 424 valence electrons. The highest BCUT2D eigenvalue weighted by molar-refractivity contribution is 7.47. The number of quaternary nitrogens is 1. The van der Waals surface area contributed by atoms with E-state index < -0.39 is 20.0 Å². The van der Waals surface area contributed by atoms with Crippen LogP contribution in [0.5, 0.6) is 0 Å². The minimum atomic E-state index is -4.46. The molecule has 0 aliphatic rings. The lowest BCUT2D eigenvalue weighted by Gasteiger charge is -2.27. The summed E-state index contributed by atoms with van der Waals surface area (Å²) < 4.78 is 30.6. The molecule has 3 atom stereocenters. The summed E-state index contributed by atoms with van der Waals surface area (Å²) in [6.45, 7) is 6.74. The second-order valence-corrected chi connectivity index (χ2v) is 22.2. The fourth-order valence-electron chi connectivity index (χ4n) is 7.92. The molecule has 0 aliphatic heterocycles. The Morgan fingerprint density at radius 1 is 0.486 bits per heavy atom. The predicted molar refractivity (Wildman–Crippen MR) is 318 cm³/mol. The number of hydrogen-bond donors (Lipinski definition) is 2. The SMILES string of the molecule is CC/C=C\C/C=C\C/C=C\C/C=C\C/C=C\C/C=C\CCCCC(=O)OC(/C=C\CCCCCCCCCCCCC)C(COP(=O)(O)OCC[N+](C)(C)C)NC(=O)CCCCCCCCC/C=C/C/C=C/CC. The Hall–Kier alpha value is -3.33. The van der Waals surface area contributed by atoms with Crippen LogP contribution in [-0.2, 0) is 27.9 Å². The van der Waals surface area contributed by atoms with Gasteiger partial charge in [-0.05, 0) is 109 Å². The molecular formula is C64H112N2O7P+. The third-order valence-electron chi connectivity index (χ3n) is 12.5. The van der Waals surface area contributed by atoms with Crippen molar-refractivity contribution in [3.63, 3.8) is 0 Å². The van der Waals surface area contributed by atoms with Crippen LogP contribution in [0.25, 0.3) is 0 Å².